The lowest BCUT2D eigenvalue weighted by Gasteiger charge is -2.55. The van der Waals surface area contributed by atoms with E-state index in [4.69, 9.17) is 0 Å². The van der Waals surface area contributed by atoms with E-state index in [9.17, 15) is 0 Å². The minimum atomic E-state index is 0.947. The number of rotatable bonds is 4. The van der Waals surface area contributed by atoms with Gasteiger partial charge in [-0.15, -0.1) is 0 Å². The Morgan fingerprint density at radius 3 is 1.50 bits per heavy atom. The second-order valence-electron chi connectivity index (χ2n) is 22.6. The quantitative estimate of drug-likeness (QED) is 0.287. The van der Waals surface area contributed by atoms with Crippen molar-refractivity contribution in [2.75, 3.05) is 0 Å². The van der Waals surface area contributed by atoms with E-state index in [0.29, 0.717) is 0 Å². The van der Waals surface area contributed by atoms with Gasteiger partial charge in [0.15, 0.2) is 0 Å². The number of nitrogens with zero attached hydrogens (tertiary/aromatic N) is 2. The van der Waals surface area contributed by atoms with Crippen molar-refractivity contribution in [3.05, 3.63) is 0 Å². The van der Waals surface area contributed by atoms with Gasteiger partial charge >= 0.3 is 0 Å². The van der Waals surface area contributed by atoms with Gasteiger partial charge in [0.2, 0.25) is 0 Å². The standard InChI is InChI=1S/C50H82N2/c1-3-13-33(14-4-1)37-24-27-46-43(32-37)50-47(51(46)38-25-23-34-15-7-8-18-36(34)31-38)29-30-48-49(50)42-21-11-12-22-44(42)52(48)45-28-26-39(35-16-5-2-6-17-35)40-19-9-10-20-41(40)45/h33-50H,1-32H2. The number of fused-ring (bicyclic) bond motifs is 9. The summed E-state index contributed by atoms with van der Waals surface area (Å²) in [4.78, 5) is 6.97. The molecule has 9 aliphatic carbocycles. The van der Waals surface area contributed by atoms with E-state index in [0.717, 1.165) is 107 Å². The van der Waals surface area contributed by atoms with Crippen LogP contribution in [0.3, 0.4) is 0 Å². The molecule has 2 heteroatoms. The van der Waals surface area contributed by atoms with Gasteiger partial charge in [0.05, 0.1) is 0 Å². The molecule has 0 bridgehead atoms. The van der Waals surface area contributed by atoms with Crippen LogP contribution in [0, 0.1) is 71.0 Å². The van der Waals surface area contributed by atoms with E-state index in [1.54, 1.807) is 193 Å². The summed E-state index contributed by atoms with van der Waals surface area (Å²) < 4.78 is 0. The van der Waals surface area contributed by atoms with Crippen molar-refractivity contribution < 1.29 is 0 Å². The van der Waals surface area contributed by atoms with E-state index >= 15 is 0 Å². The van der Waals surface area contributed by atoms with Gasteiger partial charge in [0.25, 0.3) is 0 Å². The van der Waals surface area contributed by atoms with Crippen molar-refractivity contribution in [1.29, 1.82) is 0 Å². The first-order chi connectivity index (χ1) is 25.8. The monoisotopic (exact) mass is 711 g/mol. The molecule has 2 heterocycles. The second kappa shape index (κ2) is 15.0. The first-order valence-electron chi connectivity index (χ1n) is 25.4. The first kappa shape index (κ1) is 35.1. The van der Waals surface area contributed by atoms with Crippen molar-refractivity contribution >= 4 is 0 Å². The van der Waals surface area contributed by atoms with Crippen molar-refractivity contribution in [2.45, 2.75) is 242 Å². The van der Waals surface area contributed by atoms with Gasteiger partial charge < -0.3 is 0 Å². The maximum absolute atomic E-state index is 3.51. The topological polar surface area (TPSA) is 6.48 Å². The Bertz CT molecular complexity index is 1200. The van der Waals surface area contributed by atoms with Crippen LogP contribution in [0.4, 0.5) is 0 Å². The summed E-state index contributed by atoms with van der Waals surface area (Å²) in [6.45, 7) is 0. The highest BCUT2D eigenvalue weighted by Crippen LogP contribution is 2.64. The third kappa shape index (κ3) is 6.02. The van der Waals surface area contributed by atoms with Crippen LogP contribution < -0.4 is 0 Å². The van der Waals surface area contributed by atoms with E-state index in [2.05, 4.69) is 9.80 Å². The molecular formula is C50H82N2. The highest BCUT2D eigenvalue weighted by molar-refractivity contribution is 5.17. The summed E-state index contributed by atoms with van der Waals surface area (Å²) in [6, 6.07) is 5.74. The third-order valence-electron chi connectivity index (χ3n) is 20.9. The molecule has 52 heavy (non-hydrogen) atoms. The SMILES string of the molecule is C1CCC(C2CCC3C(C2)C2C4C5CCCCC5N(C5CCC(C6CCCCC6)C6CCCCC65)C4CCC2N3C2CCC3CCCCC3C2)CC1. The van der Waals surface area contributed by atoms with E-state index in [1.807, 2.05) is 0 Å². The highest BCUT2D eigenvalue weighted by atomic mass is 15.3. The zero-order chi connectivity index (χ0) is 34.2. The molecule has 11 rings (SSSR count). The van der Waals surface area contributed by atoms with Crippen LogP contribution in [0.5, 0.6) is 0 Å². The lowest BCUT2D eigenvalue weighted by molar-refractivity contribution is -0.0518. The molecule has 11 aliphatic rings. The molecule has 0 radical (unpaired) electrons. The van der Waals surface area contributed by atoms with Crippen LogP contribution in [0.15, 0.2) is 0 Å². The van der Waals surface area contributed by atoms with Crippen molar-refractivity contribution in [3.8, 4) is 0 Å². The predicted octanol–water partition coefficient (Wildman–Crippen LogP) is 12.8. The molecule has 292 valence electrons. The Balaban J connectivity index is 0.910. The fourth-order valence-electron chi connectivity index (χ4n) is 19.2. The lowest BCUT2D eigenvalue weighted by atomic mass is 9.58. The van der Waals surface area contributed by atoms with E-state index in [-0.39, 0.29) is 0 Å². The summed E-state index contributed by atoms with van der Waals surface area (Å²) in [5, 5.41) is 0. The summed E-state index contributed by atoms with van der Waals surface area (Å²) in [5.41, 5.74) is 0. The summed E-state index contributed by atoms with van der Waals surface area (Å²) in [7, 11) is 0. The number of likely N-dealkylation sites (tertiary alicyclic amines) is 2. The summed E-state index contributed by atoms with van der Waals surface area (Å²) in [6.07, 6.45) is 50.4. The Morgan fingerprint density at radius 2 is 0.712 bits per heavy atom. The third-order valence-corrected chi connectivity index (χ3v) is 20.9. The second-order valence-corrected chi connectivity index (χ2v) is 22.6. The molecule has 2 aliphatic heterocycles. The Morgan fingerprint density at radius 1 is 0.231 bits per heavy atom. The molecule has 0 amide bonds. The maximum atomic E-state index is 3.51. The molecule has 9 saturated carbocycles. The van der Waals surface area contributed by atoms with Crippen LogP contribution in [-0.4, -0.2) is 46.1 Å². The van der Waals surface area contributed by atoms with Gasteiger partial charge in [-0.25, -0.2) is 0 Å². The molecule has 11 fully saturated rings. The van der Waals surface area contributed by atoms with Crippen molar-refractivity contribution in [2.24, 2.45) is 71.0 Å². The minimum absolute atomic E-state index is 0.947. The van der Waals surface area contributed by atoms with Crippen LogP contribution in [-0.2, 0) is 0 Å². The van der Waals surface area contributed by atoms with Gasteiger partial charge in [-0.1, -0.05) is 116 Å². The average molecular weight is 711 g/mol. The van der Waals surface area contributed by atoms with Gasteiger partial charge in [-0.3, -0.25) is 9.80 Å². The first-order valence-corrected chi connectivity index (χ1v) is 25.4. The highest BCUT2D eigenvalue weighted by Gasteiger charge is 2.65. The molecular weight excluding hydrogens is 629 g/mol. The Hall–Kier alpha value is -0.0800. The molecule has 16 atom stereocenters. The summed E-state index contributed by atoms with van der Waals surface area (Å²) >= 11 is 0. The molecule has 0 aromatic heterocycles. The van der Waals surface area contributed by atoms with Gasteiger partial charge in [0.1, 0.15) is 0 Å². The lowest BCUT2D eigenvalue weighted by Crippen LogP contribution is -2.57. The van der Waals surface area contributed by atoms with Crippen molar-refractivity contribution in [1.82, 2.24) is 9.80 Å². The largest absolute Gasteiger partial charge is 0.294 e. The molecule has 0 spiro atoms. The van der Waals surface area contributed by atoms with Gasteiger partial charge in [0, 0.05) is 36.3 Å². The van der Waals surface area contributed by atoms with E-state index in [1.165, 1.54) is 12.8 Å². The van der Waals surface area contributed by atoms with Crippen LogP contribution in [0.1, 0.15) is 205 Å². The molecule has 2 nitrogen and oxygen atoms in total. The summed E-state index contributed by atoms with van der Waals surface area (Å²) in [5.74, 6) is 12.9. The molecule has 0 aromatic rings. The Labute approximate surface area is 321 Å². The molecule has 2 saturated heterocycles. The predicted molar refractivity (Wildman–Crippen MR) is 216 cm³/mol. The Kier molecular flexibility index (Phi) is 10.1. The van der Waals surface area contributed by atoms with Gasteiger partial charge in [-0.2, -0.15) is 0 Å². The minimum Gasteiger partial charge on any atom is -0.294 e. The number of hydrogen-bond donors (Lipinski definition) is 0. The smallest absolute Gasteiger partial charge is 0.0137 e. The normalized spacial score (nSPS) is 52.2. The van der Waals surface area contributed by atoms with Crippen LogP contribution in [0.2, 0.25) is 0 Å². The van der Waals surface area contributed by atoms with Crippen LogP contribution in [0.25, 0.3) is 0 Å². The van der Waals surface area contributed by atoms with Crippen molar-refractivity contribution in [3.63, 3.8) is 0 Å². The maximum Gasteiger partial charge on any atom is 0.0137 e. The zero-order valence-electron chi connectivity index (χ0n) is 33.9. The molecule has 16 unspecified atom stereocenters. The molecule has 0 N–H and O–H groups in total. The number of hydrogen-bond acceptors (Lipinski definition) is 2. The van der Waals surface area contributed by atoms with E-state index < -0.39 is 0 Å². The fourth-order valence-corrected chi connectivity index (χ4v) is 19.2. The van der Waals surface area contributed by atoms with Crippen LogP contribution >= 0.6 is 0 Å². The fraction of sp³-hybridized carbons (Fsp3) is 1.00. The molecule has 0 aromatic carbocycles. The average Bonchev–Trinajstić information content (AvgIpc) is 3.73. The van der Waals surface area contributed by atoms with Gasteiger partial charge in [-0.05, 0) is 161 Å². The zero-order valence-corrected chi connectivity index (χ0v) is 33.9.